The van der Waals surface area contributed by atoms with Crippen LogP contribution in [0.5, 0.6) is 0 Å². The molecule has 1 aromatic carbocycles. The number of rotatable bonds is 5. The second kappa shape index (κ2) is 10.5. The number of pyridine rings is 1. The van der Waals surface area contributed by atoms with E-state index in [0.717, 1.165) is 37.9 Å². The van der Waals surface area contributed by atoms with E-state index in [1.165, 1.54) is 11.1 Å². The molecule has 2 heterocycles. The Hall–Kier alpha value is -3.99. The van der Waals surface area contributed by atoms with Gasteiger partial charge in [0, 0.05) is 30.9 Å². The fourth-order valence-corrected chi connectivity index (χ4v) is 4.91. The number of carbonyl (C=O) groups excluding carboxylic acids is 2. The van der Waals surface area contributed by atoms with Gasteiger partial charge in [-0.25, -0.2) is 4.98 Å². The second-order valence-corrected chi connectivity index (χ2v) is 9.22. The van der Waals surface area contributed by atoms with Gasteiger partial charge in [0.1, 0.15) is 5.82 Å². The summed E-state index contributed by atoms with van der Waals surface area (Å²) in [6, 6.07) is 12.6. The first kappa shape index (κ1) is 22.8. The minimum Gasteiger partial charge on any atom is -0.338 e. The van der Waals surface area contributed by atoms with Crippen molar-refractivity contribution >= 4 is 23.7 Å². The highest BCUT2D eigenvalue weighted by atomic mass is 16.2. The zero-order chi connectivity index (χ0) is 24.0. The normalized spacial score (nSPS) is 24.6. The van der Waals surface area contributed by atoms with Gasteiger partial charge >= 0.3 is 0 Å². The fourth-order valence-electron chi connectivity index (χ4n) is 4.91. The Kier molecular flexibility index (Phi) is 6.85. The maximum Gasteiger partial charge on any atom is 0.256 e. The van der Waals surface area contributed by atoms with Crippen molar-refractivity contribution in [2.75, 3.05) is 18.4 Å². The first-order valence-electron chi connectivity index (χ1n) is 12.2. The largest absolute Gasteiger partial charge is 0.338 e. The second-order valence-electron chi connectivity index (χ2n) is 9.22. The van der Waals surface area contributed by atoms with Crippen LogP contribution in [-0.2, 0) is 4.79 Å². The minimum atomic E-state index is -0.202. The Balaban J connectivity index is 1.15. The minimum absolute atomic E-state index is 0.0333. The van der Waals surface area contributed by atoms with Crippen LogP contribution >= 0.6 is 0 Å². The van der Waals surface area contributed by atoms with Crippen LogP contribution < -0.4 is 5.32 Å². The van der Waals surface area contributed by atoms with E-state index in [0.29, 0.717) is 23.2 Å². The van der Waals surface area contributed by atoms with Gasteiger partial charge in [-0.2, -0.15) is 0 Å². The number of allylic oxidation sites excluding steroid dienone is 7. The van der Waals surface area contributed by atoms with E-state index in [1.807, 2.05) is 29.2 Å². The van der Waals surface area contributed by atoms with Crippen LogP contribution in [-0.4, -0.2) is 34.8 Å². The highest BCUT2D eigenvalue weighted by molar-refractivity contribution is 6.03. The van der Waals surface area contributed by atoms with Crippen molar-refractivity contribution in [2.24, 2.45) is 11.8 Å². The molecule has 2 atom stereocenters. The molecule has 0 bridgehead atoms. The van der Waals surface area contributed by atoms with Crippen LogP contribution in [0, 0.1) is 11.8 Å². The summed E-state index contributed by atoms with van der Waals surface area (Å²) in [5, 5.41) is 2.79. The Bertz CT molecular complexity index is 1240. The third-order valence-electron chi connectivity index (χ3n) is 6.77. The number of benzene rings is 1. The number of likely N-dealkylation sites (tertiary alicyclic amines) is 1. The molecule has 0 spiro atoms. The van der Waals surface area contributed by atoms with Gasteiger partial charge in [-0.3, -0.25) is 9.59 Å². The van der Waals surface area contributed by atoms with Crippen LogP contribution in [0.1, 0.15) is 35.2 Å². The van der Waals surface area contributed by atoms with Crippen molar-refractivity contribution in [1.29, 1.82) is 0 Å². The number of amides is 2. The van der Waals surface area contributed by atoms with Crippen molar-refractivity contribution in [3.05, 3.63) is 113 Å². The average Bonchev–Trinajstić information content (AvgIpc) is 3.43. The van der Waals surface area contributed by atoms with E-state index in [4.69, 9.17) is 0 Å². The van der Waals surface area contributed by atoms with Crippen LogP contribution in [0.25, 0.3) is 6.08 Å². The van der Waals surface area contributed by atoms with Crippen LogP contribution in [0.15, 0.2) is 102 Å². The summed E-state index contributed by atoms with van der Waals surface area (Å²) in [6.07, 6.45) is 21.6. The van der Waals surface area contributed by atoms with Gasteiger partial charge in [0.25, 0.3) is 5.91 Å². The number of nitrogens with one attached hydrogen (secondary N) is 1. The van der Waals surface area contributed by atoms with Gasteiger partial charge in [-0.1, -0.05) is 54.7 Å². The lowest BCUT2D eigenvalue weighted by atomic mass is 9.97. The maximum absolute atomic E-state index is 12.8. The van der Waals surface area contributed by atoms with E-state index in [-0.39, 0.29) is 11.8 Å². The molecule has 5 rings (SSSR count). The number of fused-ring (bicyclic) bond motifs is 1. The summed E-state index contributed by atoms with van der Waals surface area (Å²) < 4.78 is 0. The molecular formula is C30H29N3O2. The Labute approximate surface area is 206 Å². The molecule has 2 aromatic rings. The highest BCUT2D eigenvalue weighted by Gasteiger charge is 2.37. The first-order chi connectivity index (χ1) is 17.2. The molecule has 0 radical (unpaired) electrons. The molecule has 2 aliphatic carbocycles. The van der Waals surface area contributed by atoms with Crippen LogP contribution in [0.4, 0.5) is 5.82 Å². The smallest absolute Gasteiger partial charge is 0.256 e. The van der Waals surface area contributed by atoms with Crippen molar-refractivity contribution in [1.82, 2.24) is 9.88 Å². The Morgan fingerprint density at radius 2 is 1.91 bits per heavy atom. The lowest BCUT2D eigenvalue weighted by Crippen LogP contribution is -2.27. The predicted octanol–water partition coefficient (Wildman–Crippen LogP) is 5.58. The third kappa shape index (κ3) is 5.57. The molecule has 0 saturated carbocycles. The van der Waals surface area contributed by atoms with E-state index >= 15 is 0 Å². The van der Waals surface area contributed by atoms with Crippen molar-refractivity contribution in [3.8, 4) is 0 Å². The quantitative estimate of drug-likeness (QED) is 0.589. The Morgan fingerprint density at radius 3 is 2.71 bits per heavy atom. The number of anilines is 1. The summed E-state index contributed by atoms with van der Waals surface area (Å²) >= 11 is 0. The number of hydrogen-bond acceptors (Lipinski definition) is 3. The van der Waals surface area contributed by atoms with Crippen molar-refractivity contribution in [3.63, 3.8) is 0 Å². The van der Waals surface area contributed by atoms with E-state index in [9.17, 15) is 9.59 Å². The van der Waals surface area contributed by atoms with Gasteiger partial charge in [0.15, 0.2) is 0 Å². The fraction of sp³-hybridized carbons (Fsp3) is 0.233. The summed E-state index contributed by atoms with van der Waals surface area (Å²) in [5.74, 6) is 1.25. The molecule has 2 unspecified atom stereocenters. The molecule has 2 amide bonds. The standard InChI is InChI=1S/C30H29N3O2/c34-29(16-14-22-13-15-28(31-19-22)32-30(35)24-11-7-4-8-12-24)33-20-26-17-25(18-27(26)21-33)23-9-5-2-1-3-6-10-23/h1-2,4-5,7-17,19,26-27H,3,6,18,20-21H2,(H,31,32,35)/b2-1+,9-5-,16-14+,23-10+. The molecule has 1 fully saturated rings. The molecule has 1 N–H and O–H groups in total. The molecule has 1 aliphatic heterocycles. The number of hydrogen-bond donors (Lipinski definition) is 1. The molecule has 5 nitrogen and oxygen atoms in total. The monoisotopic (exact) mass is 463 g/mol. The molecule has 1 aromatic heterocycles. The summed E-state index contributed by atoms with van der Waals surface area (Å²) in [4.78, 5) is 31.3. The third-order valence-corrected chi connectivity index (χ3v) is 6.77. The van der Waals surface area contributed by atoms with Gasteiger partial charge in [0.2, 0.25) is 5.91 Å². The lowest BCUT2D eigenvalue weighted by molar-refractivity contribution is -0.125. The van der Waals surface area contributed by atoms with E-state index < -0.39 is 0 Å². The lowest BCUT2D eigenvalue weighted by Gasteiger charge is -2.15. The van der Waals surface area contributed by atoms with E-state index in [2.05, 4.69) is 46.8 Å². The number of carbonyl (C=O) groups is 2. The predicted molar refractivity (Wildman–Crippen MR) is 140 cm³/mol. The average molecular weight is 464 g/mol. The van der Waals surface area contributed by atoms with Crippen LogP contribution in [0.2, 0.25) is 0 Å². The Morgan fingerprint density at radius 1 is 1.03 bits per heavy atom. The molecule has 35 heavy (non-hydrogen) atoms. The maximum atomic E-state index is 12.8. The molecule has 3 aliphatic rings. The molecule has 5 heteroatoms. The van der Waals surface area contributed by atoms with Gasteiger partial charge in [-0.15, -0.1) is 0 Å². The van der Waals surface area contributed by atoms with Crippen LogP contribution in [0.3, 0.4) is 0 Å². The summed E-state index contributed by atoms with van der Waals surface area (Å²) in [7, 11) is 0. The molecular weight excluding hydrogens is 434 g/mol. The zero-order valence-electron chi connectivity index (χ0n) is 19.6. The van der Waals surface area contributed by atoms with Gasteiger partial charge < -0.3 is 10.2 Å². The van der Waals surface area contributed by atoms with E-state index in [1.54, 1.807) is 36.5 Å². The number of nitrogens with zero attached hydrogens (tertiary/aromatic N) is 2. The SMILES string of the molecule is O=C(Nc1ccc(/C=C/C(=O)N2CC3C=C(C4=C/CC/C=C/C=C\4)CC3C2)cn1)c1ccccc1. The van der Waals surface area contributed by atoms with Gasteiger partial charge in [-0.05, 0) is 78.1 Å². The highest BCUT2D eigenvalue weighted by Crippen LogP contribution is 2.40. The first-order valence-corrected chi connectivity index (χ1v) is 12.2. The summed E-state index contributed by atoms with van der Waals surface area (Å²) in [6.45, 7) is 1.57. The van der Waals surface area contributed by atoms with Crippen molar-refractivity contribution in [2.45, 2.75) is 19.3 Å². The van der Waals surface area contributed by atoms with Gasteiger partial charge in [0.05, 0.1) is 0 Å². The number of aromatic nitrogens is 1. The van der Waals surface area contributed by atoms with Crippen molar-refractivity contribution < 1.29 is 9.59 Å². The summed E-state index contributed by atoms with van der Waals surface area (Å²) in [5.41, 5.74) is 4.17. The molecule has 1 saturated heterocycles. The molecule has 176 valence electrons. The zero-order valence-corrected chi connectivity index (χ0v) is 19.6. The topological polar surface area (TPSA) is 62.3 Å².